The number of nitrogens with zero attached hydrogens (tertiary/aromatic N) is 2. The van der Waals surface area contributed by atoms with E-state index < -0.39 is 5.69 Å². The molecule has 0 aliphatic rings. The third-order valence-corrected chi connectivity index (χ3v) is 6.17. The van der Waals surface area contributed by atoms with Crippen molar-refractivity contribution in [2.24, 2.45) is 0 Å². The molecule has 4 aromatic heterocycles. The lowest BCUT2D eigenvalue weighted by atomic mass is 10.3. The number of aryl methyl sites for hydroxylation is 1. The molecule has 28 heavy (non-hydrogen) atoms. The molecule has 4 aromatic rings. The normalized spacial score (nSPS) is 11.1. The number of furan rings is 1. The molecule has 0 atom stereocenters. The summed E-state index contributed by atoms with van der Waals surface area (Å²) in [5.74, 6) is 0.303. The van der Waals surface area contributed by atoms with Crippen LogP contribution in [0.4, 0.5) is 0 Å². The van der Waals surface area contributed by atoms with Crippen molar-refractivity contribution in [3.05, 3.63) is 78.8 Å². The largest absolute Gasteiger partial charge is 0.467 e. The van der Waals surface area contributed by atoms with E-state index >= 15 is 0 Å². The standard InChI is InChI=1S/C19H17N3O4S2/c23-16(20-11-13-3-1-8-26-13)12-22-15-6-10-28-17(15)18(24)21(19(22)25)7-5-14-4-2-9-27-14/h1-4,6,8-10H,5,7,11-12H2,(H,20,23). The lowest BCUT2D eigenvalue weighted by Crippen LogP contribution is -2.42. The number of carbonyl (C=O) groups is 1. The molecule has 7 nitrogen and oxygen atoms in total. The fourth-order valence-electron chi connectivity index (χ4n) is 2.96. The van der Waals surface area contributed by atoms with Gasteiger partial charge in [0.2, 0.25) is 5.91 Å². The van der Waals surface area contributed by atoms with Crippen LogP contribution in [0.1, 0.15) is 10.6 Å². The summed E-state index contributed by atoms with van der Waals surface area (Å²) in [4.78, 5) is 39.2. The minimum atomic E-state index is -0.472. The fourth-order valence-corrected chi connectivity index (χ4v) is 4.50. The summed E-state index contributed by atoms with van der Waals surface area (Å²) < 4.78 is 8.25. The average molecular weight is 415 g/mol. The zero-order chi connectivity index (χ0) is 19.5. The van der Waals surface area contributed by atoms with E-state index in [1.807, 2.05) is 17.5 Å². The second-order valence-electron chi connectivity index (χ2n) is 6.15. The van der Waals surface area contributed by atoms with Crippen LogP contribution in [0.15, 0.2) is 61.4 Å². The second-order valence-corrected chi connectivity index (χ2v) is 8.09. The minimum absolute atomic E-state index is 0.161. The Hall–Kier alpha value is -2.91. The van der Waals surface area contributed by atoms with E-state index in [2.05, 4.69) is 5.32 Å². The molecule has 0 aliphatic carbocycles. The van der Waals surface area contributed by atoms with Gasteiger partial charge in [-0.3, -0.25) is 18.7 Å². The van der Waals surface area contributed by atoms with Gasteiger partial charge in [0.1, 0.15) is 17.0 Å². The molecule has 0 aliphatic heterocycles. The molecule has 9 heteroatoms. The van der Waals surface area contributed by atoms with E-state index in [1.54, 1.807) is 34.9 Å². The summed E-state index contributed by atoms with van der Waals surface area (Å²) in [6, 6.07) is 9.11. The highest BCUT2D eigenvalue weighted by atomic mass is 32.1. The molecule has 0 unspecified atom stereocenters. The van der Waals surface area contributed by atoms with Gasteiger partial charge in [-0.05, 0) is 41.4 Å². The van der Waals surface area contributed by atoms with E-state index in [4.69, 9.17) is 4.42 Å². The maximum atomic E-state index is 13.0. The number of hydrogen-bond donors (Lipinski definition) is 1. The zero-order valence-corrected chi connectivity index (χ0v) is 16.4. The number of carbonyl (C=O) groups excluding carboxylic acids is 1. The van der Waals surface area contributed by atoms with Crippen molar-refractivity contribution in [3.8, 4) is 0 Å². The van der Waals surface area contributed by atoms with E-state index in [0.29, 0.717) is 22.4 Å². The summed E-state index contributed by atoms with van der Waals surface area (Å²) in [5, 5.41) is 6.45. The molecular formula is C19H17N3O4S2. The number of aromatic nitrogens is 2. The molecular weight excluding hydrogens is 398 g/mol. The fraction of sp³-hybridized carbons (Fsp3) is 0.211. The summed E-state index contributed by atoms with van der Waals surface area (Å²) in [6.07, 6.45) is 2.12. The first-order chi connectivity index (χ1) is 13.6. The summed E-state index contributed by atoms with van der Waals surface area (Å²) in [5.41, 5.74) is -0.292. The molecule has 144 valence electrons. The van der Waals surface area contributed by atoms with E-state index in [1.165, 1.54) is 26.7 Å². The van der Waals surface area contributed by atoms with Gasteiger partial charge in [-0.15, -0.1) is 22.7 Å². The zero-order valence-electron chi connectivity index (χ0n) is 14.8. The van der Waals surface area contributed by atoms with Crippen molar-refractivity contribution < 1.29 is 9.21 Å². The predicted octanol–water partition coefficient (Wildman–Crippen LogP) is 2.44. The Kier molecular flexibility index (Phi) is 5.27. The molecule has 1 N–H and O–H groups in total. The topological polar surface area (TPSA) is 86.2 Å². The van der Waals surface area contributed by atoms with Crippen molar-refractivity contribution in [3.63, 3.8) is 0 Å². The minimum Gasteiger partial charge on any atom is -0.467 e. The van der Waals surface area contributed by atoms with Gasteiger partial charge in [-0.1, -0.05) is 6.07 Å². The molecule has 0 radical (unpaired) electrons. The first kappa shape index (κ1) is 18.5. The predicted molar refractivity (Wildman–Crippen MR) is 109 cm³/mol. The average Bonchev–Trinajstić information content (AvgIpc) is 3.45. The lowest BCUT2D eigenvalue weighted by molar-refractivity contribution is -0.121. The monoisotopic (exact) mass is 415 g/mol. The Morgan fingerprint density at radius 2 is 1.96 bits per heavy atom. The van der Waals surface area contributed by atoms with Crippen LogP contribution in [0.3, 0.4) is 0 Å². The van der Waals surface area contributed by atoms with Crippen molar-refractivity contribution in [2.75, 3.05) is 0 Å². The van der Waals surface area contributed by atoms with Gasteiger partial charge in [-0.2, -0.15) is 0 Å². The highest BCUT2D eigenvalue weighted by Crippen LogP contribution is 2.16. The molecule has 0 spiro atoms. The number of amides is 1. The molecule has 1 amide bonds. The lowest BCUT2D eigenvalue weighted by Gasteiger charge is -2.12. The maximum Gasteiger partial charge on any atom is 0.332 e. The molecule has 0 saturated heterocycles. The number of rotatable bonds is 7. The van der Waals surface area contributed by atoms with Crippen LogP contribution in [0.25, 0.3) is 10.2 Å². The first-order valence-electron chi connectivity index (χ1n) is 8.66. The summed E-state index contributed by atoms with van der Waals surface area (Å²) >= 11 is 2.86. The van der Waals surface area contributed by atoms with Crippen LogP contribution >= 0.6 is 22.7 Å². The summed E-state index contributed by atoms with van der Waals surface area (Å²) in [6.45, 7) is 0.359. The highest BCUT2D eigenvalue weighted by molar-refractivity contribution is 7.17. The Labute approximate surface area is 167 Å². The van der Waals surface area contributed by atoms with Crippen LogP contribution in [-0.2, 0) is 30.8 Å². The number of fused-ring (bicyclic) bond motifs is 1. The van der Waals surface area contributed by atoms with E-state index in [0.717, 1.165) is 4.88 Å². The van der Waals surface area contributed by atoms with Crippen LogP contribution < -0.4 is 16.6 Å². The molecule has 0 bridgehead atoms. The third-order valence-electron chi connectivity index (χ3n) is 4.34. The Morgan fingerprint density at radius 1 is 1.07 bits per heavy atom. The highest BCUT2D eigenvalue weighted by Gasteiger charge is 2.16. The van der Waals surface area contributed by atoms with Gasteiger partial charge in [0.05, 0.1) is 18.3 Å². The van der Waals surface area contributed by atoms with Gasteiger partial charge in [-0.25, -0.2) is 4.79 Å². The maximum absolute atomic E-state index is 13.0. The first-order valence-corrected chi connectivity index (χ1v) is 10.4. The Balaban J connectivity index is 1.61. The second kappa shape index (κ2) is 7.99. The smallest absolute Gasteiger partial charge is 0.332 e. The number of nitrogens with one attached hydrogen (secondary N) is 1. The SMILES string of the molecule is O=C(Cn1c(=O)n(CCc2cccs2)c(=O)c2sccc21)NCc1ccco1. The Morgan fingerprint density at radius 3 is 2.71 bits per heavy atom. The van der Waals surface area contributed by atoms with Crippen LogP contribution in [0.5, 0.6) is 0 Å². The van der Waals surface area contributed by atoms with Crippen LogP contribution in [0, 0.1) is 0 Å². The van der Waals surface area contributed by atoms with E-state index in [9.17, 15) is 14.4 Å². The van der Waals surface area contributed by atoms with Crippen molar-refractivity contribution >= 4 is 38.8 Å². The molecule has 4 rings (SSSR count). The van der Waals surface area contributed by atoms with Gasteiger partial charge >= 0.3 is 5.69 Å². The van der Waals surface area contributed by atoms with Gasteiger partial charge in [0, 0.05) is 11.4 Å². The number of thiophene rings is 2. The van der Waals surface area contributed by atoms with E-state index in [-0.39, 0.29) is 31.1 Å². The third kappa shape index (κ3) is 3.71. The van der Waals surface area contributed by atoms with Gasteiger partial charge in [0.25, 0.3) is 5.56 Å². The summed E-state index contributed by atoms with van der Waals surface area (Å²) in [7, 11) is 0. The van der Waals surface area contributed by atoms with Crippen LogP contribution in [-0.4, -0.2) is 15.0 Å². The molecule has 4 heterocycles. The van der Waals surface area contributed by atoms with Crippen molar-refractivity contribution in [2.45, 2.75) is 26.1 Å². The van der Waals surface area contributed by atoms with Gasteiger partial charge in [0.15, 0.2) is 0 Å². The quantitative estimate of drug-likeness (QED) is 0.502. The molecule has 0 saturated carbocycles. The van der Waals surface area contributed by atoms with Crippen molar-refractivity contribution in [1.29, 1.82) is 0 Å². The molecule has 0 aromatic carbocycles. The van der Waals surface area contributed by atoms with Gasteiger partial charge < -0.3 is 9.73 Å². The number of hydrogen-bond acceptors (Lipinski definition) is 6. The van der Waals surface area contributed by atoms with Crippen LogP contribution in [0.2, 0.25) is 0 Å². The molecule has 0 fully saturated rings. The van der Waals surface area contributed by atoms with Crippen molar-refractivity contribution in [1.82, 2.24) is 14.5 Å². The Bertz CT molecular complexity index is 1200.